The van der Waals surface area contributed by atoms with Gasteiger partial charge in [0.1, 0.15) is 17.5 Å². The maximum atomic E-state index is 12.7. The zero-order valence-corrected chi connectivity index (χ0v) is 17.1. The Hall–Kier alpha value is -3.82. The van der Waals surface area contributed by atoms with E-state index in [-0.39, 0.29) is 17.6 Å². The lowest BCUT2D eigenvalue weighted by Crippen LogP contribution is -2.47. The van der Waals surface area contributed by atoms with Crippen LogP contribution in [0, 0.1) is 5.92 Å². The molecule has 1 atom stereocenters. The monoisotopic (exact) mass is 413 g/mol. The number of nitrogens with zero attached hydrogens (tertiary/aromatic N) is 2. The third-order valence-corrected chi connectivity index (χ3v) is 4.36. The molecule has 2 aromatic heterocycles. The molecule has 30 heavy (non-hydrogen) atoms. The highest BCUT2D eigenvalue weighted by atomic mass is 16.5. The van der Waals surface area contributed by atoms with E-state index < -0.39 is 17.9 Å². The summed E-state index contributed by atoms with van der Waals surface area (Å²) in [4.78, 5) is 29.3. The van der Waals surface area contributed by atoms with Crippen molar-refractivity contribution >= 4 is 17.8 Å². The molecule has 0 bridgehead atoms. The van der Waals surface area contributed by atoms with Crippen molar-refractivity contribution in [2.75, 3.05) is 19.5 Å². The smallest absolute Gasteiger partial charge is 0.287 e. The van der Waals surface area contributed by atoms with Crippen LogP contribution in [0.5, 0.6) is 11.5 Å². The zero-order chi connectivity index (χ0) is 21.7. The minimum Gasteiger partial charge on any atom is -0.497 e. The summed E-state index contributed by atoms with van der Waals surface area (Å²) in [5.41, 5.74) is 0.651. The number of benzene rings is 1. The van der Waals surface area contributed by atoms with Gasteiger partial charge in [0.2, 0.25) is 11.9 Å². The van der Waals surface area contributed by atoms with Gasteiger partial charge in [-0.15, -0.1) is 5.10 Å². The summed E-state index contributed by atoms with van der Waals surface area (Å²) in [5, 5.41) is 12.1. The van der Waals surface area contributed by atoms with Crippen LogP contribution >= 0.6 is 0 Å². The number of aromatic amines is 1. The Bertz CT molecular complexity index is 1010. The molecule has 0 saturated heterocycles. The van der Waals surface area contributed by atoms with Gasteiger partial charge in [-0.05, 0) is 30.2 Å². The van der Waals surface area contributed by atoms with Gasteiger partial charge in [-0.1, -0.05) is 13.8 Å². The second kappa shape index (κ2) is 9.12. The molecule has 2 heterocycles. The van der Waals surface area contributed by atoms with Gasteiger partial charge in [-0.2, -0.15) is 4.98 Å². The highest BCUT2D eigenvalue weighted by molar-refractivity contribution is 5.99. The van der Waals surface area contributed by atoms with Crippen LogP contribution in [-0.2, 0) is 4.79 Å². The van der Waals surface area contributed by atoms with Crippen molar-refractivity contribution in [2.45, 2.75) is 19.9 Å². The first-order valence-electron chi connectivity index (χ1n) is 9.23. The second-order valence-electron chi connectivity index (χ2n) is 6.74. The van der Waals surface area contributed by atoms with Crippen LogP contribution in [0.25, 0.3) is 11.4 Å². The number of rotatable bonds is 8. The van der Waals surface area contributed by atoms with E-state index in [2.05, 4.69) is 25.8 Å². The number of amides is 2. The van der Waals surface area contributed by atoms with Crippen LogP contribution in [0.15, 0.2) is 41.0 Å². The first-order valence-corrected chi connectivity index (χ1v) is 9.23. The summed E-state index contributed by atoms with van der Waals surface area (Å²) in [5.74, 6) is 0.676. The fourth-order valence-corrected chi connectivity index (χ4v) is 2.78. The van der Waals surface area contributed by atoms with Crippen molar-refractivity contribution in [1.82, 2.24) is 20.5 Å². The Morgan fingerprint density at radius 3 is 2.60 bits per heavy atom. The number of nitrogens with one attached hydrogen (secondary N) is 3. The highest BCUT2D eigenvalue weighted by Crippen LogP contribution is 2.31. The number of anilines is 1. The molecule has 3 N–H and O–H groups in total. The maximum Gasteiger partial charge on any atom is 0.287 e. The maximum absolute atomic E-state index is 12.7. The van der Waals surface area contributed by atoms with Crippen molar-refractivity contribution in [2.24, 2.45) is 5.92 Å². The average molecular weight is 413 g/mol. The topological polar surface area (TPSA) is 131 Å². The van der Waals surface area contributed by atoms with Crippen molar-refractivity contribution in [1.29, 1.82) is 0 Å². The van der Waals surface area contributed by atoms with Gasteiger partial charge < -0.3 is 19.2 Å². The molecule has 0 radical (unpaired) electrons. The Morgan fingerprint density at radius 2 is 1.97 bits per heavy atom. The molecular weight excluding hydrogens is 390 g/mol. The van der Waals surface area contributed by atoms with Gasteiger partial charge in [0.15, 0.2) is 11.6 Å². The summed E-state index contributed by atoms with van der Waals surface area (Å²) in [6, 6.07) is 7.56. The Morgan fingerprint density at radius 1 is 1.17 bits per heavy atom. The highest BCUT2D eigenvalue weighted by Gasteiger charge is 2.26. The summed E-state index contributed by atoms with van der Waals surface area (Å²) < 4.78 is 15.6. The molecule has 3 rings (SSSR count). The number of H-pyrrole nitrogens is 1. The predicted molar refractivity (Wildman–Crippen MR) is 108 cm³/mol. The number of methoxy groups -OCH3 is 2. The molecule has 10 heteroatoms. The molecule has 158 valence electrons. The number of carbonyl (C=O) groups is 2. The van der Waals surface area contributed by atoms with E-state index in [9.17, 15) is 9.59 Å². The molecule has 3 aromatic rings. The molecule has 10 nitrogen and oxygen atoms in total. The fourth-order valence-electron chi connectivity index (χ4n) is 2.78. The van der Waals surface area contributed by atoms with E-state index in [4.69, 9.17) is 13.9 Å². The van der Waals surface area contributed by atoms with Crippen molar-refractivity contribution in [3.8, 4) is 22.9 Å². The molecule has 0 fully saturated rings. The number of hydrogen-bond donors (Lipinski definition) is 3. The standard InChI is InChI=1S/C20H23N5O5/c1-11(2)16(21-18(26)14-6-5-9-30-14)19(27)23-20-22-17(24-25-20)13-8-7-12(28-3)10-15(13)29-4/h5-11,16H,1-4H3,(H,21,26)(H2,22,23,24,25,27). The van der Waals surface area contributed by atoms with Crippen LogP contribution in [0.1, 0.15) is 24.4 Å². The normalized spacial score (nSPS) is 11.8. The number of aromatic nitrogens is 3. The van der Waals surface area contributed by atoms with E-state index >= 15 is 0 Å². The SMILES string of the molecule is COc1ccc(-c2nc(NC(=O)C(NC(=O)c3ccco3)C(C)C)n[nH]2)c(OC)c1. The third-order valence-electron chi connectivity index (χ3n) is 4.36. The third kappa shape index (κ3) is 4.59. The minimum atomic E-state index is -0.805. The number of furan rings is 1. The van der Waals surface area contributed by atoms with Crippen molar-refractivity contribution in [3.63, 3.8) is 0 Å². The molecule has 2 amide bonds. The van der Waals surface area contributed by atoms with Crippen LogP contribution in [0.3, 0.4) is 0 Å². The molecule has 0 aliphatic carbocycles. The van der Waals surface area contributed by atoms with Gasteiger partial charge in [0.05, 0.1) is 26.0 Å². The van der Waals surface area contributed by atoms with Gasteiger partial charge in [-0.3, -0.25) is 20.0 Å². The number of hydrogen-bond acceptors (Lipinski definition) is 7. The first kappa shape index (κ1) is 20.9. The second-order valence-corrected chi connectivity index (χ2v) is 6.74. The van der Waals surface area contributed by atoms with Crippen molar-refractivity contribution in [3.05, 3.63) is 42.4 Å². The Balaban J connectivity index is 1.74. The molecule has 1 aromatic carbocycles. The summed E-state index contributed by atoms with van der Waals surface area (Å²) in [7, 11) is 3.10. The number of carbonyl (C=O) groups excluding carboxylic acids is 2. The molecule has 0 spiro atoms. The van der Waals surface area contributed by atoms with Crippen molar-refractivity contribution < 1.29 is 23.5 Å². The van der Waals surface area contributed by atoms with Crippen LogP contribution < -0.4 is 20.1 Å². The summed E-state index contributed by atoms with van der Waals surface area (Å²) >= 11 is 0. The predicted octanol–water partition coefficient (Wildman–Crippen LogP) is 2.48. The van der Waals surface area contributed by atoms with Gasteiger partial charge >= 0.3 is 0 Å². The van der Waals surface area contributed by atoms with Crippen LogP contribution in [0.2, 0.25) is 0 Å². The zero-order valence-electron chi connectivity index (χ0n) is 17.1. The van der Waals surface area contributed by atoms with E-state index in [1.165, 1.54) is 19.4 Å². The van der Waals surface area contributed by atoms with E-state index in [0.717, 1.165) is 0 Å². The lowest BCUT2D eigenvalue weighted by atomic mass is 10.0. The quantitative estimate of drug-likeness (QED) is 0.517. The summed E-state index contributed by atoms with van der Waals surface area (Å²) in [6.45, 7) is 3.64. The molecule has 0 aliphatic heterocycles. The number of ether oxygens (including phenoxy) is 2. The molecule has 0 aliphatic rings. The summed E-state index contributed by atoms with van der Waals surface area (Å²) in [6.07, 6.45) is 1.39. The van der Waals surface area contributed by atoms with Gasteiger partial charge in [0.25, 0.3) is 5.91 Å². The fraction of sp³-hybridized carbons (Fsp3) is 0.300. The Labute approximate surface area is 173 Å². The van der Waals surface area contributed by atoms with E-state index in [1.54, 1.807) is 31.4 Å². The average Bonchev–Trinajstić information content (AvgIpc) is 3.43. The molecule has 0 saturated carbocycles. The van der Waals surface area contributed by atoms with E-state index in [1.807, 2.05) is 13.8 Å². The lowest BCUT2D eigenvalue weighted by Gasteiger charge is -2.20. The Kier molecular flexibility index (Phi) is 6.35. The lowest BCUT2D eigenvalue weighted by molar-refractivity contribution is -0.118. The van der Waals surface area contributed by atoms with Crippen LogP contribution in [0.4, 0.5) is 5.95 Å². The largest absolute Gasteiger partial charge is 0.497 e. The first-order chi connectivity index (χ1) is 14.4. The minimum absolute atomic E-state index is 0.0748. The van der Waals surface area contributed by atoms with Gasteiger partial charge in [0, 0.05) is 6.07 Å². The molecular formula is C20H23N5O5. The molecule has 1 unspecified atom stereocenters. The van der Waals surface area contributed by atoms with Crippen LogP contribution in [-0.4, -0.2) is 47.3 Å². The van der Waals surface area contributed by atoms with E-state index in [0.29, 0.717) is 22.9 Å². The van der Waals surface area contributed by atoms with Gasteiger partial charge in [-0.25, -0.2) is 0 Å².